The second-order valence-corrected chi connectivity index (χ2v) is 6.25. The molecule has 0 atom stereocenters. The average molecular weight is 330 g/mol. The summed E-state index contributed by atoms with van der Waals surface area (Å²) < 4.78 is 1.02. The number of aryl methyl sites for hydroxylation is 3. The Labute approximate surface area is 107 Å². The molecule has 0 bridgehead atoms. The van der Waals surface area contributed by atoms with Gasteiger partial charge in [-0.05, 0) is 41.5 Å². The van der Waals surface area contributed by atoms with Gasteiger partial charge in [0.05, 0.1) is 0 Å². The van der Waals surface area contributed by atoms with Crippen molar-refractivity contribution in [2.24, 2.45) is 0 Å². The largest absolute Gasteiger partial charge is 0.178 e. The van der Waals surface area contributed by atoms with Crippen molar-refractivity contribution in [3.63, 3.8) is 0 Å². The van der Waals surface area contributed by atoms with Crippen LogP contribution in [-0.4, -0.2) is 10.2 Å². The number of rotatable bonds is 3. The van der Waals surface area contributed by atoms with E-state index in [0.717, 1.165) is 20.9 Å². The molecule has 15 heavy (non-hydrogen) atoms. The van der Waals surface area contributed by atoms with Crippen LogP contribution in [0.4, 0.5) is 0 Å². The van der Waals surface area contributed by atoms with Crippen LogP contribution in [0.2, 0.25) is 0 Å². The molecular weight excluding hydrogens is 319 g/mol. The molecule has 0 saturated carbocycles. The number of hydrogen-bond acceptors (Lipinski definition) is 3. The lowest BCUT2D eigenvalue weighted by Crippen LogP contribution is -1.91. The van der Waals surface area contributed by atoms with E-state index in [1.165, 1.54) is 11.1 Å². The Kier molecular flexibility index (Phi) is 3.69. The standard InChI is InChI=1S/C11H11IN2S/c1-8-3-2-4-9(7-8)5-6-10-13-14-11(12)15-10/h2-4,7H,5-6H2,1H3. The highest BCUT2D eigenvalue weighted by molar-refractivity contribution is 14.1. The monoisotopic (exact) mass is 330 g/mol. The van der Waals surface area contributed by atoms with Crippen LogP contribution in [0, 0.1) is 9.94 Å². The lowest BCUT2D eigenvalue weighted by molar-refractivity contribution is 0.899. The summed E-state index contributed by atoms with van der Waals surface area (Å²) in [6.45, 7) is 2.12. The van der Waals surface area contributed by atoms with E-state index in [1.807, 2.05) is 0 Å². The van der Waals surface area contributed by atoms with Gasteiger partial charge in [0.15, 0.2) is 3.01 Å². The Hall–Kier alpha value is -0.490. The van der Waals surface area contributed by atoms with Crippen molar-refractivity contribution in [3.05, 3.63) is 43.4 Å². The number of aromatic nitrogens is 2. The van der Waals surface area contributed by atoms with E-state index in [4.69, 9.17) is 0 Å². The summed E-state index contributed by atoms with van der Waals surface area (Å²) in [4.78, 5) is 0. The predicted octanol–water partition coefficient (Wildman–Crippen LogP) is 3.24. The molecule has 0 saturated heterocycles. The van der Waals surface area contributed by atoms with Gasteiger partial charge in [-0.25, -0.2) is 0 Å². The molecule has 0 unspecified atom stereocenters. The topological polar surface area (TPSA) is 25.8 Å². The molecule has 0 spiro atoms. The average Bonchev–Trinajstić information content (AvgIpc) is 2.62. The molecule has 78 valence electrons. The zero-order chi connectivity index (χ0) is 10.7. The molecule has 0 aliphatic heterocycles. The van der Waals surface area contributed by atoms with Crippen LogP contribution in [0.15, 0.2) is 24.3 Å². The summed E-state index contributed by atoms with van der Waals surface area (Å²) in [5.41, 5.74) is 2.69. The van der Waals surface area contributed by atoms with E-state index < -0.39 is 0 Å². The van der Waals surface area contributed by atoms with Crippen LogP contribution in [0.1, 0.15) is 16.1 Å². The zero-order valence-corrected chi connectivity index (χ0v) is 11.4. The lowest BCUT2D eigenvalue weighted by Gasteiger charge is -1.99. The fourth-order valence-corrected chi connectivity index (χ4v) is 2.89. The number of hydrogen-bond donors (Lipinski definition) is 0. The Morgan fingerprint density at radius 1 is 1.27 bits per heavy atom. The normalized spacial score (nSPS) is 10.5. The summed E-state index contributed by atoms with van der Waals surface area (Å²) in [5, 5.41) is 9.24. The Morgan fingerprint density at radius 3 is 2.80 bits per heavy atom. The zero-order valence-electron chi connectivity index (χ0n) is 8.40. The Balaban J connectivity index is 1.99. The van der Waals surface area contributed by atoms with Crippen LogP contribution >= 0.6 is 33.9 Å². The first-order valence-electron chi connectivity index (χ1n) is 4.77. The van der Waals surface area contributed by atoms with Crippen LogP contribution in [-0.2, 0) is 12.8 Å². The smallest absolute Gasteiger partial charge is 0.143 e. The molecule has 0 aliphatic carbocycles. The van der Waals surface area contributed by atoms with E-state index in [0.29, 0.717) is 0 Å². The van der Waals surface area contributed by atoms with Crippen molar-refractivity contribution in [3.8, 4) is 0 Å². The van der Waals surface area contributed by atoms with Gasteiger partial charge in [0, 0.05) is 6.42 Å². The van der Waals surface area contributed by atoms with Crippen LogP contribution < -0.4 is 0 Å². The molecule has 0 N–H and O–H groups in total. The highest BCUT2D eigenvalue weighted by Crippen LogP contribution is 2.14. The van der Waals surface area contributed by atoms with Crippen molar-refractivity contribution in [2.75, 3.05) is 0 Å². The first-order chi connectivity index (χ1) is 7.24. The second kappa shape index (κ2) is 5.03. The minimum atomic E-state index is 0.990. The Morgan fingerprint density at radius 2 is 2.13 bits per heavy atom. The molecule has 4 heteroatoms. The maximum absolute atomic E-state index is 4.11. The van der Waals surface area contributed by atoms with Gasteiger partial charge in [-0.15, -0.1) is 10.2 Å². The van der Waals surface area contributed by atoms with Gasteiger partial charge in [-0.3, -0.25) is 0 Å². The highest BCUT2D eigenvalue weighted by Gasteiger charge is 2.01. The van der Waals surface area contributed by atoms with Crippen molar-refractivity contribution >= 4 is 33.9 Å². The van der Waals surface area contributed by atoms with Gasteiger partial charge in [0.1, 0.15) is 5.01 Å². The molecule has 1 heterocycles. The molecule has 2 rings (SSSR count). The number of benzene rings is 1. The number of nitrogens with zero attached hydrogens (tertiary/aromatic N) is 2. The second-order valence-electron chi connectivity index (χ2n) is 3.44. The first kappa shape index (κ1) is 11.0. The third kappa shape index (κ3) is 3.24. The molecular formula is C11H11IN2S. The molecule has 0 aliphatic rings. The van der Waals surface area contributed by atoms with Gasteiger partial charge in [-0.2, -0.15) is 0 Å². The summed E-state index contributed by atoms with van der Waals surface area (Å²) >= 11 is 3.88. The van der Waals surface area contributed by atoms with Gasteiger partial charge in [-0.1, -0.05) is 41.2 Å². The van der Waals surface area contributed by atoms with Crippen LogP contribution in [0.5, 0.6) is 0 Å². The SMILES string of the molecule is Cc1cccc(CCc2nnc(I)s2)c1. The third-order valence-corrected chi connectivity index (χ3v) is 3.80. The molecule has 1 aromatic heterocycles. The van der Waals surface area contributed by atoms with E-state index in [-0.39, 0.29) is 0 Å². The van der Waals surface area contributed by atoms with Gasteiger partial charge in [0.25, 0.3) is 0 Å². The fourth-order valence-electron chi connectivity index (χ4n) is 1.45. The molecule has 2 nitrogen and oxygen atoms in total. The van der Waals surface area contributed by atoms with E-state index in [1.54, 1.807) is 11.3 Å². The summed E-state index contributed by atoms with van der Waals surface area (Å²) in [6.07, 6.45) is 2.04. The maximum atomic E-state index is 4.11. The van der Waals surface area contributed by atoms with E-state index in [9.17, 15) is 0 Å². The van der Waals surface area contributed by atoms with E-state index in [2.05, 4.69) is 64.0 Å². The quantitative estimate of drug-likeness (QED) is 0.808. The first-order valence-corrected chi connectivity index (χ1v) is 6.67. The number of halogens is 1. The van der Waals surface area contributed by atoms with Gasteiger partial charge >= 0.3 is 0 Å². The van der Waals surface area contributed by atoms with Crippen molar-refractivity contribution in [1.29, 1.82) is 0 Å². The lowest BCUT2D eigenvalue weighted by atomic mass is 10.1. The molecule has 1 aromatic carbocycles. The van der Waals surface area contributed by atoms with Crippen molar-refractivity contribution in [2.45, 2.75) is 19.8 Å². The summed E-state index contributed by atoms with van der Waals surface area (Å²) in [6, 6.07) is 8.62. The van der Waals surface area contributed by atoms with E-state index >= 15 is 0 Å². The van der Waals surface area contributed by atoms with Gasteiger partial charge in [0.2, 0.25) is 0 Å². The predicted molar refractivity (Wildman–Crippen MR) is 71.2 cm³/mol. The van der Waals surface area contributed by atoms with Crippen molar-refractivity contribution in [1.82, 2.24) is 10.2 Å². The van der Waals surface area contributed by atoms with Crippen molar-refractivity contribution < 1.29 is 0 Å². The molecule has 2 aromatic rings. The summed E-state index contributed by atoms with van der Waals surface area (Å²) in [5.74, 6) is 0. The molecule has 0 radical (unpaired) electrons. The minimum Gasteiger partial charge on any atom is -0.143 e. The summed E-state index contributed by atoms with van der Waals surface area (Å²) in [7, 11) is 0. The molecule has 0 amide bonds. The molecule has 0 fully saturated rings. The van der Waals surface area contributed by atoms with Crippen LogP contribution in [0.25, 0.3) is 0 Å². The highest BCUT2D eigenvalue weighted by atomic mass is 127. The van der Waals surface area contributed by atoms with Gasteiger partial charge < -0.3 is 0 Å². The minimum absolute atomic E-state index is 0.990. The Bertz CT molecular complexity index is 453. The van der Waals surface area contributed by atoms with Crippen LogP contribution in [0.3, 0.4) is 0 Å². The maximum Gasteiger partial charge on any atom is 0.178 e. The fraction of sp³-hybridized carbons (Fsp3) is 0.273. The third-order valence-electron chi connectivity index (χ3n) is 2.15.